The quantitative estimate of drug-likeness (QED) is 0.311. The van der Waals surface area contributed by atoms with Crippen molar-refractivity contribution in [2.45, 2.75) is 38.1 Å². The summed E-state index contributed by atoms with van der Waals surface area (Å²) in [6, 6.07) is 8.31. The van der Waals surface area contributed by atoms with E-state index in [4.69, 9.17) is 30.5 Å². The Hall–Kier alpha value is -3.78. The highest BCUT2D eigenvalue weighted by Gasteiger charge is 2.38. The van der Waals surface area contributed by atoms with Gasteiger partial charge in [-0.15, -0.1) is 11.6 Å². The summed E-state index contributed by atoms with van der Waals surface area (Å²) >= 11 is 5.86. The SMILES string of the molecule is COC1=CC=C2c3c(cc(OC(=O)c4ccc(CCl)cc4)c(OC)c3OC)CC[C@H](NC(C)=O)C2CC1=O. The van der Waals surface area contributed by atoms with Crippen molar-refractivity contribution in [3.63, 3.8) is 0 Å². The molecule has 0 heterocycles. The first-order valence-electron chi connectivity index (χ1n) is 12.2. The number of rotatable bonds is 7. The van der Waals surface area contributed by atoms with Gasteiger partial charge in [-0.3, -0.25) is 9.59 Å². The highest BCUT2D eigenvalue weighted by molar-refractivity contribution is 6.17. The number of benzene rings is 2. The van der Waals surface area contributed by atoms with E-state index in [1.807, 2.05) is 6.08 Å². The first-order valence-corrected chi connectivity index (χ1v) is 12.8. The number of alkyl halides is 1. The molecule has 2 aromatic carbocycles. The molecule has 0 bridgehead atoms. The number of esters is 1. The third-order valence-electron chi connectivity index (χ3n) is 6.84. The van der Waals surface area contributed by atoms with Crippen LogP contribution in [0.25, 0.3) is 5.57 Å². The fourth-order valence-electron chi connectivity index (χ4n) is 5.08. The summed E-state index contributed by atoms with van der Waals surface area (Å²) < 4.78 is 22.6. The summed E-state index contributed by atoms with van der Waals surface area (Å²) in [4.78, 5) is 38.0. The van der Waals surface area contributed by atoms with Crippen molar-refractivity contribution >= 4 is 34.8 Å². The van der Waals surface area contributed by atoms with Gasteiger partial charge in [-0.1, -0.05) is 18.2 Å². The van der Waals surface area contributed by atoms with Crippen LogP contribution in [0.5, 0.6) is 17.2 Å². The van der Waals surface area contributed by atoms with Gasteiger partial charge in [-0.2, -0.15) is 0 Å². The molecule has 0 fully saturated rings. The Balaban J connectivity index is 1.83. The summed E-state index contributed by atoms with van der Waals surface area (Å²) in [6.45, 7) is 1.46. The van der Waals surface area contributed by atoms with E-state index < -0.39 is 5.97 Å². The van der Waals surface area contributed by atoms with Gasteiger partial charge in [0.2, 0.25) is 11.7 Å². The lowest BCUT2D eigenvalue weighted by Crippen LogP contribution is -2.40. The van der Waals surface area contributed by atoms with Crippen LogP contribution >= 0.6 is 11.6 Å². The standard InChI is InChI=1S/C29H30ClNO7/c1-16(32)31-22-11-9-19-13-25(38-29(34)18-7-5-17(15-30)6-8-18)27(36-3)28(37-4)26(19)20-10-12-24(35-2)23(33)14-21(20)22/h5-8,10,12-13,21-22H,9,11,14-15H2,1-4H3,(H,31,32)/t21?,22-/m0/s1. The third kappa shape index (κ3) is 5.41. The van der Waals surface area contributed by atoms with Gasteiger partial charge in [0.15, 0.2) is 23.0 Å². The van der Waals surface area contributed by atoms with Gasteiger partial charge in [-0.05, 0) is 53.8 Å². The average molecular weight is 540 g/mol. The Bertz CT molecular complexity index is 1310. The molecule has 2 aliphatic rings. The maximum Gasteiger partial charge on any atom is 0.343 e. The molecule has 2 atom stereocenters. The van der Waals surface area contributed by atoms with Crippen molar-refractivity contribution in [2.24, 2.45) is 5.92 Å². The van der Waals surface area contributed by atoms with Crippen LogP contribution in [0, 0.1) is 5.92 Å². The molecule has 0 saturated heterocycles. The van der Waals surface area contributed by atoms with Crippen molar-refractivity contribution in [3.05, 3.63) is 70.5 Å². The van der Waals surface area contributed by atoms with Crippen molar-refractivity contribution < 1.29 is 33.3 Å². The molecule has 1 unspecified atom stereocenters. The predicted octanol–water partition coefficient (Wildman–Crippen LogP) is 4.62. The Morgan fingerprint density at radius 3 is 2.34 bits per heavy atom. The van der Waals surface area contributed by atoms with Crippen LogP contribution < -0.4 is 19.5 Å². The van der Waals surface area contributed by atoms with Crippen molar-refractivity contribution in [2.75, 3.05) is 21.3 Å². The van der Waals surface area contributed by atoms with Gasteiger partial charge < -0.3 is 24.3 Å². The second-order valence-corrected chi connectivity index (χ2v) is 9.40. The van der Waals surface area contributed by atoms with Gasteiger partial charge in [0.05, 0.1) is 26.9 Å². The fourth-order valence-corrected chi connectivity index (χ4v) is 5.26. The number of fused-ring (bicyclic) bond motifs is 3. The van der Waals surface area contributed by atoms with E-state index in [9.17, 15) is 14.4 Å². The molecule has 0 aromatic heterocycles. The van der Waals surface area contributed by atoms with Crippen LogP contribution in [0.4, 0.5) is 0 Å². The average Bonchev–Trinajstić information content (AvgIpc) is 3.16. The number of nitrogens with one attached hydrogen (secondary N) is 1. The molecule has 0 saturated carbocycles. The van der Waals surface area contributed by atoms with E-state index in [0.717, 1.165) is 22.3 Å². The molecule has 2 aromatic rings. The summed E-state index contributed by atoms with van der Waals surface area (Å²) in [5, 5.41) is 3.02. The van der Waals surface area contributed by atoms with Gasteiger partial charge in [0.25, 0.3) is 0 Å². The van der Waals surface area contributed by atoms with Crippen LogP contribution in [0.3, 0.4) is 0 Å². The van der Waals surface area contributed by atoms with E-state index in [1.165, 1.54) is 28.3 Å². The lowest BCUT2D eigenvalue weighted by Gasteiger charge is -2.27. The zero-order valence-electron chi connectivity index (χ0n) is 21.8. The molecular weight excluding hydrogens is 510 g/mol. The first kappa shape index (κ1) is 27.3. The zero-order valence-corrected chi connectivity index (χ0v) is 22.5. The van der Waals surface area contributed by atoms with Crippen LogP contribution in [-0.2, 0) is 26.6 Å². The topological polar surface area (TPSA) is 100 Å². The Morgan fingerprint density at radius 2 is 1.74 bits per heavy atom. The number of halogens is 1. The van der Waals surface area contributed by atoms with Gasteiger partial charge in [0, 0.05) is 36.7 Å². The molecule has 8 nitrogen and oxygen atoms in total. The van der Waals surface area contributed by atoms with Crippen LogP contribution in [-0.4, -0.2) is 45.0 Å². The molecule has 0 radical (unpaired) electrons. The van der Waals surface area contributed by atoms with E-state index in [2.05, 4.69) is 5.32 Å². The summed E-state index contributed by atoms with van der Waals surface area (Å²) in [5.41, 5.74) is 3.64. The minimum atomic E-state index is -0.555. The minimum Gasteiger partial charge on any atom is -0.493 e. The van der Waals surface area contributed by atoms with E-state index >= 15 is 0 Å². The van der Waals surface area contributed by atoms with Gasteiger partial charge in [0.1, 0.15) is 0 Å². The maximum absolute atomic E-state index is 13.0. The fraction of sp³-hybridized carbons (Fsp3) is 0.345. The number of Topliss-reactive ketones (excluding diaryl/α,β-unsaturated/α-hetero) is 1. The van der Waals surface area contributed by atoms with Crippen LogP contribution in [0.15, 0.2) is 48.2 Å². The number of allylic oxidation sites excluding steroid dienone is 3. The lowest BCUT2D eigenvalue weighted by atomic mass is 9.83. The van der Waals surface area contributed by atoms with Crippen molar-refractivity contribution in [1.29, 1.82) is 0 Å². The molecule has 4 rings (SSSR count). The Labute approximate surface area is 226 Å². The van der Waals surface area contributed by atoms with E-state index in [0.29, 0.717) is 30.0 Å². The summed E-state index contributed by atoms with van der Waals surface area (Å²) in [7, 11) is 4.44. The number of hydrogen-bond acceptors (Lipinski definition) is 7. The second-order valence-electron chi connectivity index (χ2n) is 9.13. The second kappa shape index (κ2) is 11.7. The predicted molar refractivity (Wildman–Crippen MR) is 143 cm³/mol. The molecular formula is C29H30ClNO7. The number of carbonyl (C=O) groups is 3. The van der Waals surface area contributed by atoms with E-state index in [-0.39, 0.29) is 47.3 Å². The lowest BCUT2D eigenvalue weighted by molar-refractivity contribution is -0.121. The molecule has 38 heavy (non-hydrogen) atoms. The van der Waals surface area contributed by atoms with E-state index in [1.54, 1.807) is 36.4 Å². The molecule has 200 valence electrons. The highest BCUT2D eigenvalue weighted by atomic mass is 35.5. The molecule has 0 spiro atoms. The smallest absolute Gasteiger partial charge is 0.343 e. The number of aryl methyl sites for hydroxylation is 1. The number of amides is 1. The highest BCUT2D eigenvalue weighted by Crippen LogP contribution is 2.50. The third-order valence-corrected chi connectivity index (χ3v) is 7.15. The van der Waals surface area contributed by atoms with Gasteiger partial charge >= 0.3 is 5.97 Å². The monoisotopic (exact) mass is 539 g/mol. The molecule has 0 aliphatic heterocycles. The molecule has 1 N–H and O–H groups in total. The zero-order chi connectivity index (χ0) is 27.4. The van der Waals surface area contributed by atoms with Crippen LogP contribution in [0.2, 0.25) is 0 Å². The van der Waals surface area contributed by atoms with Crippen molar-refractivity contribution in [3.8, 4) is 17.2 Å². The number of carbonyl (C=O) groups excluding carboxylic acids is 3. The molecule has 2 aliphatic carbocycles. The number of ether oxygens (including phenoxy) is 4. The number of methoxy groups -OCH3 is 3. The molecule has 9 heteroatoms. The largest absolute Gasteiger partial charge is 0.493 e. The van der Waals surface area contributed by atoms with Crippen molar-refractivity contribution in [1.82, 2.24) is 5.32 Å². The Kier molecular flexibility index (Phi) is 8.42. The Morgan fingerprint density at radius 1 is 1.03 bits per heavy atom. The maximum atomic E-state index is 13.0. The number of hydrogen-bond donors (Lipinski definition) is 1. The number of ketones is 1. The first-order chi connectivity index (χ1) is 18.3. The minimum absolute atomic E-state index is 0.149. The summed E-state index contributed by atoms with van der Waals surface area (Å²) in [5.74, 6) is 0.204. The normalized spacial score (nSPS) is 18.5. The summed E-state index contributed by atoms with van der Waals surface area (Å²) in [6.07, 6.45) is 4.73. The van der Waals surface area contributed by atoms with Gasteiger partial charge in [-0.25, -0.2) is 4.79 Å². The van der Waals surface area contributed by atoms with Crippen LogP contribution in [0.1, 0.15) is 46.8 Å². The molecule has 1 amide bonds.